The maximum atomic E-state index is 14.0. The summed E-state index contributed by atoms with van der Waals surface area (Å²) in [5.74, 6) is 2.41. The van der Waals surface area contributed by atoms with Crippen LogP contribution in [0, 0.1) is 5.82 Å². The van der Waals surface area contributed by atoms with E-state index in [1.807, 2.05) is 35.8 Å². The van der Waals surface area contributed by atoms with Gasteiger partial charge >= 0.3 is 0 Å². The van der Waals surface area contributed by atoms with Crippen LogP contribution in [-0.4, -0.2) is 28.7 Å². The van der Waals surface area contributed by atoms with Crippen molar-refractivity contribution in [3.8, 4) is 22.9 Å². The molecule has 0 fully saturated rings. The first kappa shape index (κ1) is 18.8. The molecule has 0 N–H and O–H groups in total. The van der Waals surface area contributed by atoms with Gasteiger partial charge in [0.15, 0.2) is 17.8 Å². The molecule has 146 valence electrons. The summed E-state index contributed by atoms with van der Waals surface area (Å²) >= 11 is 1.50. The number of hydrogen-bond acceptors (Lipinski definition) is 6. The third-order valence-corrected chi connectivity index (χ3v) is 5.50. The fraction of sp³-hybridized carbons (Fsp3) is 0.300. The smallest absolute Gasteiger partial charge is 0.191 e. The van der Waals surface area contributed by atoms with Crippen molar-refractivity contribution in [1.82, 2.24) is 14.8 Å². The maximum absolute atomic E-state index is 14.0. The highest BCUT2D eigenvalue weighted by Gasteiger charge is 2.20. The molecule has 3 aromatic rings. The van der Waals surface area contributed by atoms with E-state index < -0.39 is 0 Å². The summed E-state index contributed by atoms with van der Waals surface area (Å²) in [6, 6.07) is 10.7. The van der Waals surface area contributed by atoms with Crippen molar-refractivity contribution in [2.45, 2.75) is 31.0 Å². The first-order valence-corrected chi connectivity index (χ1v) is 9.91. The van der Waals surface area contributed by atoms with E-state index in [4.69, 9.17) is 14.2 Å². The lowest BCUT2D eigenvalue weighted by Crippen LogP contribution is -2.13. The lowest BCUT2D eigenvalue weighted by atomic mass is 10.1. The van der Waals surface area contributed by atoms with E-state index in [0.29, 0.717) is 24.7 Å². The standard InChI is InChI=1S/C20H20FN3O3S/c1-3-24-19(16-6-4-5-7-17(16)25-2)22-23-20(24)28-11-14-9-15(21)8-13-10-26-12-27-18(13)14/h4-9H,3,10-12H2,1-2H3. The molecule has 1 aromatic heterocycles. The number of thioether (sulfide) groups is 1. The topological polar surface area (TPSA) is 58.4 Å². The van der Waals surface area contributed by atoms with E-state index in [1.54, 1.807) is 7.11 Å². The number of ether oxygens (including phenoxy) is 3. The number of methoxy groups -OCH3 is 1. The predicted octanol–water partition coefficient (Wildman–Crippen LogP) is 4.27. The minimum Gasteiger partial charge on any atom is -0.496 e. The normalized spacial score (nSPS) is 13.1. The van der Waals surface area contributed by atoms with E-state index in [9.17, 15) is 4.39 Å². The molecule has 4 rings (SSSR count). The van der Waals surface area contributed by atoms with Crippen molar-refractivity contribution in [2.75, 3.05) is 13.9 Å². The fourth-order valence-electron chi connectivity index (χ4n) is 3.22. The number of hydrogen-bond donors (Lipinski definition) is 0. The number of halogens is 1. The van der Waals surface area contributed by atoms with Gasteiger partial charge in [0, 0.05) is 23.4 Å². The largest absolute Gasteiger partial charge is 0.496 e. The molecule has 8 heteroatoms. The number of aromatic nitrogens is 3. The lowest BCUT2D eigenvalue weighted by molar-refractivity contribution is -0.0171. The zero-order valence-corrected chi connectivity index (χ0v) is 16.5. The van der Waals surface area contributed by atoms with Gasteiger partial charge in [0.25, 0.3) is 0 Å². The molecule has 6 nitrogen and oxygen atoms in total. The second kappa shape index (κ2) is 8.20. The summed E-state index contributed by atoms with van der Waals surface area (Å²) in [6.45, 7) is 3.28. The highest BCUT2D eigenvalue weighted by molar-refractivity contribution is 7.98. The number of fused-ring (bicyclic) bond motifs is 1. The average molecular weight is 401 g/mol. The highest BCUT2D eigenvalue weighted by Crippen LogP contribution is 2.35. The fourth-order valence-corrected chi connectivity index (χ4v) is 4.18. The third-order valence-electron chi connectivity index (χ3n) is 4.49. The van der Waals surface area contributed by atoms with Crippen molar-refractivity contribution >= 4 is 11.8 Å². The van der Waals surface area contributed by atoms with Crippen LogP contribution in [0.1, 0.15) is 18.1 Å². The van der Waals surface area contributed by atoms with E-state index in [-0.39, 0.29) is 12.6 Å². The minimum absolute atomic E-state index is 0.180. The molecule has 0 atom stereocenters. The maximum Gasteiger partial charge on any atom is 0.191 e. The molecular formula is C20H20FN3O3S. The quantitative estimate of drug-likeness (QED) is 0.575. The monoisotopic (exact) mass is 401 g/mol. The molecule has 0 amide bonds. The lowest BCUT2D eigenvalue weighted by Gasteiger charge is -2.20. The Balaban J connectivity index is 1.62. The van der Waals surface area contributed by atoms with Gasteiger partial charge in [-0.05, 0) is 31.2 Å². The van der Waals surface area contributed by atoms with Crippen LogP contribution >= 0.6 is 11.8 Å². The van der Waals surface area contributed by atoms with E-state index in [1.165, 1.54) is 23.9 Å². The summed E-state index contributed by atoms with van der Waals surface area (Å²) in [4.78, 5) is 0. The number of para-hydroxylation sites is 1. The Bertz CT molecular complexity index is 993. The van der Waals surface area contributed by atoms with Gasteiger partial charge in [-0.3, -0.25) is 0 Å². The van der Waals surface area contributed by atoms with Gasteiger partial charge in [0.2, 0.25) is 0 Å². The van der Waals surface area contributed by atoms with Crippen LogP contribution in [0.4, 0.5) is 4.39 Å². The van der Waals surface area contributed by atoms with Crippen LogP contribution in [0.25, 0.3) is 11.4 Å². The highest BCUT2D eigenvalue weighted by atomic mass is 32.2. The molecule has 0 spiro atoms. The number of benzene rings is 2. The van der Waals surface area contributed by atoms with E-state index >= 15 is 0 Å². The third kappa shape index (κ3) is 3.57. The van der Waals surface area contributed by atoms with Crippen LogP contribution in [0.5, 0.6) is 11.5 Å². The first-order chi connectivity index (χ1) is 13.7. The van der Waals surface area contributed by atoms with Crippen molar-refractivity contribution in [2.24, 2.45) is 0 Å². The molecule has 0 aliphatic carbocycles. The van der Waals surface area contributed by atoms with Gasteiger partial charge in [-0.25, -0.2) is 4.39 Å². The van der Waals surface area contributed by atoms with Gasteiger partial charge in [-0.2, -0.15) is 0 Å². The van der Waals surface area contributed by atoms with Gasteiger partial charge in [0.1, 0.15) is 17.3 Å². The number of nitrogens with zero attached hydrogens (tertiary/aromatic N) is 3. The molecule has 1 aliphatic rings. The van der Waals surface area contributed by atoms with Crippen LogP contribution < -0.4 is 9.47 Å². The van der Waals surface area contributed by atoms with Gasteiger partial charge < -0.3 is 18.8 Å². The molecule has 0 bridgehead atoms. The Hall–Kier alpha value is -2.58. The minimum atomic E-state index is -0.296. The number of rotatable bonds is 6. The van der Waals surface area contributed by atoms with Gasteiger partial charge in [-0.1, -0.05) is 23.9 Å². The van der Waals surface area contributed by atoms with E-state index in [0.717, 1.165) is 33.4 Å². The zero-order chi connectivity index (χ0) is 19.5. The molecule has 0 saturated carbocycles. The molecule has 0 unspecified atom stereocenters. The zero-order valence-electron chi connectivity index (χ0n) is 15.6. The predicted molar refractivity (Wildman–Crippen MR) is 104 cm³/mol. The molecule has 0 radical (unpaired) electrons. The van der Waals surface area contributed by atoms with Crippen LogP contribution in [-0.2, 0) is 23.6 Å². The van der Waals surface area contributed by atoms with Crippen molar-refractivity contribution in [1.29, 1.82) is 0 Å². The average Bonchev–Trinajstić information content (AvgIpc) is 3.14. The Morgan fingerprint density at radius 2 is 2.11 bits per heavy atom. The Morgan fingerprint density at radius 3 is 2.93 bits per heavy atom. The molecule has 2 aromatic carbocycles. The van der Waals surface area contributed by atoms with Crippen molar-refractivity contribution in [3.05, 3.63) is 53.3 Å². The molecule has 0 saturated heterocycles. The van der Waals surface area contributed by atoms with Gasteiger partial charge in [-0.15, -0.1) is 10.2 Å². The van der Waals surface area contributed by atoms with Crippen molar-refractivity contribution < 1.29 is 18.6 Å². The van der Waals surface area contributed by atoms with Crippen LogP contribution in [0.15, 0.2) is 41.6 Å². The molecule has 2 heterocycles. The second-order valence-electron chi connectivity index (χ2n) is 6.20. The van der Waals surface area contributed by atoms with Crippen LogP contribution in [0.2, 0.25) is 0 Å². The first-order valence-electron chi connectivity index (χ1n) is 8.92. The summed E-state index contributed by atoms with van der Waals surface area (Å²) < 4.78 is 32.3. The summed E-state index contributed by atoms with van der Waals surface area (Å²) in [6.07, 6.45) is 0. The molecular weight excluding hydrogens is 381 g/mol. The molecule has 28 heavy (non-hydrogen) atoms. The summed E-state index contributed by atoms with van der Waals surface area (Å²) in [5, 5.41) is 9.48. The summed E-state index contributed by atoms with van der Waals surface area (Å²) in [7, 11) is 1.64. The second-order valence-corrected chi connectivity index (χ2v) is 7.15. The molecule has 1 aliphatic heterocycles. The van der Waals surface area contributed by atoms with Crippen molar-refractivity contribution in [3.63, 3.8) is 0 Å². The Kier molecular flexibility index (Phi) is 5.50. The van der Waals surface area contributed by atoms with Gasteiger partial charge in [0.05, 0.1) is 19.3 Å². The van der Waals surface area contributed by atoms with E-state index in [2.05, 4.69) is 10.2 Å². The summed E-state index contributed by atoms with van der Waals surface area (Å²) in [5.41, 5.74) is 2.40. The Labute approximate surface area is 166 Å². The van der Waals surface area contributed by atoms with Crippen LogP contribution in [0.3, 0.4) is 0 Å². The SMILES string of the molecule is CCn1c(SCc2cc(F)cc3c2OCOC3)nnc1-c1ccccc1OC. The Morgan fingerprint density at radius 1 is 1.25 bits per heavy atom.